The van der Waals surface area contributed by atoms with Crippen LogP contribution < -0.4 is 9.47 Å². The maximum Gasteiger partial charge on any atom is 0.176 e. The van der Waals surface area contributed by atoms with Gasteiger partial charge in [0.2, 0.25) is 0 Å². The zero-order valence-corrected chi connectivity index (χ0v) is 23.8. The Labute approximate surface area is 223 Å². The van der Waals surface area contributed by atoms with Crippen LogP contribution >= 0.6 is 15.9 Å². The Morgan fingerprint density at radius 2 is 1.58 bits per heavy atom. The van der Waals surface area contributed by atoms with Crippen LogP contribution in [-0.4, -0.2) is 36.7 Å². The summed E-state index contributed by atoms with van der Waals surface area (Å²) in [5.41, 5.74) is 4.27. The molecule has 0 atom stereocenters. The van der Waals surface area contributed by atoms with E-state index in [1.54, 1.807) is 7.11 Å². The number of ketones is 2. The second kappa shape index (κ2) is 9.74. The van der Waals surface area contributed by atoms with E-state index in [1.807, 2.05) is 12.1 Å². The van der Waals surface area contributed by atoms with Gasteiger partial charge in [-0.1, -0.05) is 40.5 Å². The van der Waals surface area contributed by atoms with Gasteiger partial charge >= 0.3 is 0 Å². The molecule has 0 spiro atoms. The average molecular weight is 555 g/mol. The molecule has 0 amide bonds. The minimum absolute atomic E-state index is 0.107. The van der Waals surface area contributed by atoms with Gasteiger partial charge in [-0.05, 0) is 63.7 Å². The largest absolute Gasteiger partial charge is 0.493 e. The van der Waals surface area contributed by atoms with Gasteiger partial charge in [0.05, 0.1) is 11.6 Å². The van der Waals surface area contributed by atoms with E-state index in [0.717, 1.165) is 53.9 Å². The number of nitrogens with zero attached hydrogens (tertiary/aromatic N) is 1. The molecule has 0 bridgehead atoms. The Morgan fingerprint density at radius 1 is 1.03 bits per heavy atom. The van der Waals surface area contributed by atoms with Crippen molar-refractivity contribution in [3.63, 3.8) is 0 Å². The average Bonchev–Trinajstić information content (AvgIpc) is 2.77. The van der Waals surface area contributed by atoms with Crippen LogP contribution in [0.2, 0.25) is 0 Å². The number of methoxy groups -OCH3 is 1. The molecule has 0 saturated carbocycles. The fourth-order valence-corrected chi connectivity index (χ4v) is 6.61. The summed E-state index contributed by atoms with van der Waals surface area (Å²) in [5, 5.41) is 0. The van der Waals surface area contributed by atoms with Crippen molar-refractivity contribution in [3.8, 4) is 23.8 Å². The molecule has 0 saturated heterocycles. The first-order valence-electron chi connectivity index (χ1n) is 12.7. The number of hydrogen-bond acceptors (Lipinski definition) is 5. The second-order valence-corrected chi connectivity index (χ2v) is 12.6. The molecule has 6 heteroatoms. The number of carbonyl (C=O) groups excluding carboxylic acids is 2. The lowest BCUT2D eigenvalue weighted by atomic mass is 9.63. The zero-order chi connectivity index (χ0) is 26.4. The molecule has 4 rings (SSSR count). The molecule has 0 aromatic heterocycles. The number of halogens is 1. The summed E-state index contributed by atoms with van der Waals surface area (Å²) >= 11 is 3.63. The van der Waals surface area contributed by atoms with E-state index in [1.165, 1.54) is 0 Å². The number of terminal acetylenes is 1. The van der Waals surface area contributed by atoms with E-state index in [2.05, 4.69) is 61.4 Å². The molecule has 2 aliphatic carbocycles. The Morgan fingerprint density at radius 3 is 2.06 bits per heavy atom. The Kier molecular flexibility index (Phi) is 7.18. The monoisotopic (exact) mass is 553 g/mol. The van der Waals surface area contributed by atoms with E-state index in [4.69, 9.17) is 15.9 Å². The number of allylic oxidation sites excluding steroid dienone is 4. The molecule has 192 valence electrons. The Balaban J connectivity index is 1.99. The maximum absolute atomic E-state index is 13.8. The first-order valence-corrected chi connectivity index (χ1v) is 13.5. The van der Waals surface area contributed by atoms with Gasteiger partial charge in [0.15, 0.2) is 23.1 Å². The fourth-order valence-electron chi connectivity index (χ4n) is 6.03. The van der Waals surface area contributed by atoms with Crippen molar-refractivity contribution >= 4 is 27.5 Å². The van der Waals surface area contributed by atoms with Crippen LogP contribution in [0.1, 0.15) is 78.2 Å². The number of hydrogen-bond donors (Lipinski definition) is 0. The summed E-state index contributed by atoms with van der Waals surface area (Å²) < 4.78 is 12.1. The number of Topliss-reactive ketones (excluding diaryl/α,β-unsaturated/α-hetero) is 2. The van der Waals surface area contributed by atoms with Gasteiger partial charge in [-0.3, -0.25) is 9.59 Å². The molecule has 36 heavy (non-hydrogen) atoms. The maximum atomic E-state index is 13.8. The first kappa shape index (κ1) is 26.5. The van der Waals surface area contributed by atoms with Crippen LogP contribution in [0.25, 0.3) is 0 Å². The lowest BCUT2D eigenvalue weighted by Gasteiger charge is -2.49. The topological polar surface area (TPSA) is 55.8 Å². The highest BCUT2D eigenvalue weighted by molar-refractivity contribution is 9.10. The first-order chi connectivity index (χ1) is 16.9. The number of ether oxygens (including phenoxy) is 2. The van der Waals surface area contributed by atoms with Crippen molar-refractivity contribution in [2.75, 3.05) is 20.3 Å². The van der Waals surface area contributed by atoms with Crippen LogP contribution in [0.3, 0.4) is 0 Å². The lowest BCUT2D eigenvalue weighted by molar-refractivity contribution is -0.119. The minimum Gasteiger partial charge on any atom is -0.493 e. The number of benzene rings is 1. The SMILES string of the molecule is C#CCOc1c(Br)cc(C2C3=C(CC(C)(C)CC3=O)N(CCC)C3=C2C(=O)CC(C)(C)C3)cc1OC. The van der Waals surface area contributed by atoms with Gasteiger partial charge in [-0.25, -0.2) is 0 Å². The zero-order valence-electron chi connectivity index (χ0n) is 22.2. The van der Waals surface area contributed by atoms with E-state index in [-0.39, 0.29) is 29.0 Å². The van der Waals surface area contributed by atoms with Gasteiger partial charge in [0, 0.05) is 47.8 Å². The van der Waals surface area contributed by atoms with Gasteiger partial charge in [-0.2, -0.15) is 0 Å². The van der Waals surface area contributed by atoms with Gasteiger partial charge in [0.25, 0.3) is 0 Å². The molecule has 0 fully saturated rings. The van der Waals surface area contributed by atoms with Crippen molar-refractivity contribution in [1.29, 1.82) is 0 Å². The third kappa shape index (κ3) is 4.75. The van der Waals surface area contributed by atoms with Crippen LogP contribution in [0, 0.1) is 23.2 Å². The summed E-state index contributed by atoms with van der Waals surface area (Å²) in [6.07, 6.45) is 8.87. The van der Waals surface area contributed by atoms with Crippen molar-refractivity contribution in [1.82, 2.24) is 4.90 Å². The molecule has 5 nitrogen and oxygen atoms in total. The van der Waals surface area contributed by atoms with Crippen LogP contribution in [0.5, 0.6) is 11.5 Å². The third-order valence-corrected chi connectivity index (χ3v) is 7.94. The van der Waals surface area contributed by atoms with E-state index in [0.29, 0.717) is 28.8 Å². The van der Waals surface area contributed by atoms with Gasteiger partial charge in [0.1, 0.15) is 6.61 Å². The fraction of sp³-hybridized carbons (Fsp3) is 0.533. The molecule has 0 unspecified atom stereocenters. The summed E-state index contributed by atoms with van der Waals surface area (Å²) in [7, 11) is 1.58. The molecule has 1 aromatic carbocycles. The standard InChI is InChI=1S/C30H36BrNO4/c1-8-10-32-20-14-29(3,4)16-22(33)26(20)25(27-21(32)15-30(5,6)17-23(27)34)18-12-19(31)28(36-11-9-2)24(13-18)35-7/h2,12-13,25H,8,10-11,14-17H2,1,3-7H3. The minimum atomic E-state index is -0.429. The van der Waals surface area contributed by atoms with Crippen molar-refractivity contribution < 1.29 is 19.1 Å². The number of rotatable bonds is 6. The summed E-state index contributed by atoms with van der Waals surface area (Å²) in [4.78, 5) is 30.0. The highest BCUT2D eigenvalue weighted by Crippen LogP contribution is 2.55. The van der Waals surface area contributed by atoms with Crippen LogP contribution in [0.4, 0.5) is 0 Å². The van der Waals surface area contributed by atoms with Gasteiger partial charge < -0.3 is 14.4 Å². The highest BCUT2D eigenvalue weighted by atomic mass is 79.9. The van der Waals surface area contributed by atoms with Gasteiger partial charge in [-0.15, -0.1) is 6.42 Å². The number of carbonyl (C=O) groups is 2. The molecule has 3 aliphatic rings. The van der Waals surface area contributed by atoms with E-state index in [9.17, 15) is 9.59 Å². The molecular formula is C30H36BrNO4. The molecule has 1 aromatic rings. The molecule has 0 N–H and O–H groups in total. The van der Waals surface area contributed by atoms with E-state index >= 15 is 0 Å². The predicted molar refractivity (Wildman–Crippen MR) is 145 cm³/mol. The predicted octanol–water partition coefficient (Wildman–Crippen LogP) is 6.57. The summed E-state index contributed by atoms with van der Waals surface area (Å²) in [6, 6.07) is 3.84. The smallest absolute Gasteiger partial charge is 0.176 e. The lowest BCUT2D eigenvalue weighted by Crippen LogP contribution is -2.44. The summed E-state index contributed by atoms with van der Waals surface area (Å²) in [5.74, 6) is 3.33. The highest BCUT2D eigenvalue weighted by Gasteiger charge is 2.49. The summed E-state index contributed by atoms with van der Waals surface area (Å²) in [6.45, 7) is 11.7. The van der Waals surface area contributed by atoms with Crippen LogP contribution in [0.15, 0.2) is 39.1 Å². The molecule has 1 heterocycles. The van der Waals surface area contributed by atoms with Crippen molar-refractivity contribution in [2.24, 2.45) is 10.8 Å². The Hall–Kier alpha value is -2.52. The van der Waals surface area contributed by atoms with Crippen LogP contribution in [-0.2, 0) is 9.59 Å². The molecular weight excluding hydrogens is 518 g/mol. The molecule has 1 aliphatic heterocycles. The van der Waals surface area contributed by atoms with E-state index < -0.39 is 5.92 Å². The normalized spacial score (nSPS) is 21.2. The second-order valence-electron chi connectivity index (χ2n) is 11.7. The van der Waals surface area contributed by atoms with Crippen molar-refractivity contribution in [2.45, 2.75) is 72.6 Å². The Bertz CT molecular complexity index is 1160. The quantitative estimate of drug-likeness (QED) is 0.373. The van der Waals surface area contributed by atoms with Crippen molar-refractivity contribution in [3.05, 3.63) is 44.7 Å². The third-order valence-electron chi connectivity index (χ3n) is 7.35. The molecule has 0 radical (unpaired) electrons.